The quantitative estimate of drug-likeness (QED) is 0.726. The summed E-state index contributed by atoms with van der Waals surface area (Å²) in [7, 11) is 0. The molecule has 2 heteroatoms. The van der Waals surface area contributed by atoms with Gasteiger partial charge in [0.25, 0.3) is 0 Å². The summed E-state index contributed by atoms with van der Waals surface area (Å²) in [5.74, 6) is 0. The van der Waals surface area contributed by atoms with Gasteiger partial charge in [-0.15, -0.1) is 0 Å². The third-order valence-corrected chi connectivity index (χ3v) is 2.86. The molecule has 1 aromatic heterocycles. The van der Waals surface area contributed by atoms with Gasteiger partial charge in [0.05, 0.1) is 0 Å². The molecule has 1 heterocycles. The van der Waals surface area contributed by atoms with Crippen molar-refractivity contribution in [1.29, 1.82) is 0 Å². The first-order valence-electron chi connectivity index (χ1n) is 5.30. The van der Waals surface area contributed by atoms with Gasteiger partial charge in [-0.2, -0.15) is 0 Å². The lowest BCUT2D eigenvalue weighted by Gasteiger charge is -2.10. The largest absolute Gasteiger partial charge is 0.367 e. The molecule has 1 fully saturated rings. The molecular formula is C11H18N2. The SMILES string of the molecule is c1cc(CCNC2CCCC2)c[nH]1. The predicted molar refractivity (Wildman–Crippen MR) is 54.8 cm³/mol. The Bertz CT molecular complexity index is 222. The number of aromatic nitrogens is 1. The van der Waals surface area contributed by atoms with Crippen LogP contribution in [-0.4, -0.2) is 17.6 Å². The number of hydrogen-bond acceptors (Lipinski definition) is 1. The van der Waals surface area contributed by atoms with E-state index in [0.717, 1.165) is 19.0 Å². The fraction of sp³-hybridized carbons (Fsp3) is 0.636. The highest BCUT2D eigenvalue weighted by Gasteiger charge is 2.13. The smallest absolute Gasteiger partial charge is 0.00671 e. The lowest BCUT2D eigenvalue weighted by Crippen LogP contribution is -2.27. The molecule has 1 aliphatic carbocycles. The van der Waals surface area contributed by atoms with Crippen LogP contribution in [0.5, 0.6) is 0 Å². The van der Waals surface area contributed by atoms with Crippen LogP contribution in [-0.2, 0) is 6.42 Å². The van der Waals surface area contributed by atoms with E-state index in [1.54, 1.807) is 0 Å². The van der Waals surface area contributed by atoms with E-state index in [-0.39, 0.29) is 0 Å². The zero-order chi connectivity index (χ0) is 8.93. The van der Waals surface area contributed by atoms with E-state index in [9.17, 15) is 0 Å². The molecule has 0 bridgehead atoms. The van der Waals surface area contributed by atoms with E-state index in [0.29, 0.717) is 0 Å². The molecule has 72 valence electrons. The standard InChI is InChI=1S/C11H18N2/c1-2-4-11(3-1)13-8-6-10-5-7-12-9-10/h5,7,9,11-13H,1-4,6,8H2. The van der Waals surface area contributed by atoms with Crippen LogP contribution in [0.1, 0.15) is 31.2 Å². The van der Waals surface area contributed by atoms with Crippen molar-refractivity contribution < 1.29 is 0 Å². The lowest BCUT2D eigenvalue weighted by atomic mass is 10.2. The van der Waals surface area contributed by atoms with E-state index in [4.69, 9.17) is 0 Å². The molecule has 0 spiro atoms. The van der Waals surface area contributed by atoms with Gasteiger partial charge in [0, 0.05) is 18.4 Å². The van der Waals surface area contributed by atoms with Gasteiger partial charge in [-0.05, 0) is 37.4 Å². The number of hydrogen-bond donors (Lipinski definition) is 2. The normalized spacial score (nSPS) is 18.2. The average molecular weight is 178 g/mol. The van der Waals surface area contributed by atoms with Crippen molar-refractivity contribution in [3.63, 3.8) is 0 Å². The summed E-state index contributed by atoms with van der Waals surface area (Å²) in [6.45, 7) is 1.13. The van der Waals surface area contributed by atoms with Crippen LogP contribution in [0, 0.1) is 0 Å². The van der Waals surface area contributed by atoms with E-state index in [1.807, 2.05) is 6.20 Å². The Morgan fingerprint density at radius 3 is 2.92 bits per heavy atom. The number of rotatable bonds is 4. The highest BCUT2D eigenvalue weighted by molar-refractivity contribution is 5.08. The Morgan fingerprint density at radius 2 is 2.23 bits per heavy atom. The predicted octanol–water partition coefficient (Wildman–Crippen LogP) is 2.09. The number of H-pyrrole nitrogens is 1. The minimum atomic E-state index is 0.805. The molecule has 0 atom stereocenters. The van der Waals surface area contributed by atoms with E-state index in [1.165, 1.54) is 31.2 Å². The molecule has 0 aliphatic heterocycles. The summed E-state index contributed by atoms with van der Waals surface area (Å²) >= 11 is 0. The summed E-state index contributed by atoms with van der Waals surface area (Å²) in [5.41, 5.74) is 1.41. The van der Waals surface area contributed by atoms with Gasteiger partial charge in [-0.1, -0.05) is 12.8 Å². The van der Waals surface area contributed by atoms with Crippen LogP contribution in [0.25, 0.3) is 0 Å². The zero-order valence-electron chi connectivity index (χ0n) is 8.05. The molecule has 0 radical (unpaired) electrons. The summed E-state index contributed by atoms with van der Waals surface area (Å²) in [4.78, 5) is 3.08. The van der Waals surface area contributed by atoms with Crippen molar-refractivity contribution >= 4 is 0 Å². The monoisotopic (exact) mass is 178 g/mol. The first-order valence-corrected chi connectivity index (χ1v) is 5.30. The van der Waals surface area contributed by atoms with E-state index in [2.05, 4.69) is 22.6 Å². The molecule has 1 aromatic rings. The second kappa shape index (κ2) is 4.47. The molecule has 1 aliphatic rings. The van der Waals surface area contributed by atoms with E-state index < -0.39 is 0 Å². The van der Waals surface area contributed by atoms with Gasteiger partial charge in [0.1, 0.15) is 0 Å². The third-order valence-electron chi connectivity index (χ3n) is 2.86. The molecule has 0 amide bonds. The Balaban J connectivity index is 1.63. The first kappa shape index (κ1) is 8.82. The van der Waals surface area contributed by atoms with Crippen LogP contribution in [0.3, 0.4) is 0 Å². The van der Waals surface area contributed by atoms with Gasteiger partial charge < -0.3 is 10.3 Å². The summed E-state index contributed by atoms with van der Waals surface area (Å²) in [6.07, 6.45) is 10.8. The van der Waals surface area contributed by atoms with Crippen LogP contribution in [0.15, 0.2) is 18.5 Å². The number of aromatic amines is 1. The van der Waals surface area contributed by atoms with Gasteiger partial charge >= 0.3 is 0 Å². The second-order valence-corrected chi connectivity index (χ2v) is 3.90. The van der Waals surface area contributed by atoms with Crippen LogP contribution in [0.4, 0.5) is 0 Å². The van der Waals surface area contributed by atoms with Crippen molar-refractivity contribution in [3.05, 3.63) is 24.0 Å². The summed E-state index contributed by atoms with van der Waals surface area (Å²) in [5, 5.41) is 3.61. The molecule has 2 rings (SSSR count). The maximum atomic E-state index is 3.61. The zero-order valence-corrected chi connectivity index (χ0v) is 8.05. The highest BCUT2D eigenvalue weighted by Crippen LogP contribution is 2.17. The maximum absolute atomic E-state index is 3.61. The maximum Gasteiger partial charge on any atom is 0.00671 e. The minimum absolute atomic E-state index is 0.805. The molecule has 13 heavy (non-hydrogen) atoms. The Labute approximate surface area is 79.7 Å². The first-order chi connectivity index (χ1) is 6.45. The summed E-state index contributed by atoms with van der Waals surface area (Å²) < 4.78 is 0. The molecule has 0 aromatic carbocycles. The van der Waals surface area contributed by atoms with Crippen LogP contribution >= 0.6 is 0 Å². The molecule has 0 saturated heterocycles. The van der Waals surface area contributed by atoms with Crippen molar-refractivity contribution in [3.8, 4) is 0 Å². The van der Waals surface area contributed by atoms with Crippen molar-refractivity contribution in [1.82, 2.24) is 10.3 Å². The van der Waals surface area contributed by atoms with Crippen molar-refractivity contribution in [2.75, 3.05) is 6.54 Å². The van der Waals surface area contributed by atoms with E-state index >= 15 is 0 Å². The third kappa shape index (κ3) is 2.59. The second-order valence-electron chi connectivity index (χ2n) is 3.90. The molecular weight excluding hydrogens is 160 g/mol. The fourth-order valence-corrected chi connectivity index (χ4v) is 2.06. The fourth-order valence-electron chi connectivity index (χ4n) is 2.06. The summed E-state index contributed by atoms with van der Waals surface area (Å²) in [6, 6.07) is 2.95. The van der Waals surface area contributed by atoms with Crippen LogP contribution < -0.4 is 5.32 Å². The van der Waals surface area contributed by atoms with Crippen LogP contribution in [0.2, 0.25) is 0 Å². The lowest BCUT2D eigenvalue weighted by molar-refractivity contribution is 0.528. The number of nitrogens with one attached hydrogen (secondary N) is 2. The van der Waals surface area contributed by atoms with Gasteiger partial charge in [-0.3, -0.25) is 0 Å². The highest BCUT2D eigenvalue weighted by atomic mass is 14.9. The van der Waals surface area contributed by atoms with Crippen molar-refractivity contribution in [2.24, 2.45) is 0 Å². The molecule has 0 unspecified atom stereocenters. The van der Waals surface area contributed by atoms with Gasteiger partial charge in [-0.25, -0.2) is 0 Å². The molecule has 1 saturated carbocycles. The molecule has 2 nitrogen and oxygen atoms in total. The Kier molecular flexibility index (Phi) is 3.03. The molecule has 2 N–H and O–H groups in total. The Morgan fingerprint density at radius 1 is 1.38 bits per heavy atom. The Hall–Kier alpha value is -0.760. The average Bonchev–Trinajstić information content (AvgIpc) is 2.75. The minimum Gasteiger partial charge on any atom is -0.367 e. The topological polar surface area (TPSA) is 27.8 Å². The van der Waals surface area contributed by atoms with Gasteiger partial charge in [0.15, 0.2) is 0 Å². The van der Waals surface area contributed by atoms with Gasteiger partial charge in [0.2, 0.25) is 0 Å². The van der Waals surface area contributed by atoms with Crippen molar-refractivity contribution in [2.45, 2.75) is 38.1 Å².